The molecule has 0 radical (unpaired) electrons. The zero-order chi connectivity index (χ0) is 19.3. The number of carbonyl (C=O) groups is 1. The molecule has 0 spiro atoms. The summed E-state index contributed by atoms with van der Waals surface area (Å²) in [5.41, 5.74) is 3.29. The Hall–Kier alpha value is -2.91. The van der Waals surface area contributed by atoms with Crippen LogP contribution in [0.25, 0.3) is 10.8 Å². The molecular weight excluding hydrogens is 362 g/mol. The van der Waals surface area contributed by atoms with E-state index in [2.05, 4.69) is 48.3 Å². The van der Waals surface area contributed by atoms with Crippen molar-refractivity contribution in [2.45, 2.75) is 23.5 Å². The van der Waals surface area contributed by atoms with Crippen LogP contribution in [0.15, 0.2) is 96.2 Å². The molecule has 1 aromatic heterocycles. The average molecular weight is 384 g/mol. The number of fused-ring (bicyclic) bond motifs is 1. The van der Waals surface area contributed by atoms with Crippen molar-refractivity contribution in [1.82, 2.24) is 4.98 Å². The third-order valence-corrected chi connectivity index (χ3v) is 6.12. The van der Waals surface area contributed by atoms with Crippen LogP contribution >= 0.6 is 11.8 Å². The average Bonchev–Trinajstić information content (AvgIpc) is 2.74. The second kappa shape index (κ2) is 8.41. The highest BCUT2D eigenvalue weighted by atomic mass is 32.2. The zero-order valence-corrected chi connectivity index (χ0v) is 16.5. The SMILES string of the molecule is Cc1ccc(C(Sc2ccccc2)C(=O)Cc2cccc3cnccc23)cc1. The molecule has 138 valence electrons. The summed E-state index contributed by atoms with van der Waals surface area (Å²) >= 11 is 1.62. The molecule has 0 saturated heterocycles. The predicted molar refractivity (Wildman–Crippen MR) is 117 cm³/mol. The Labute approximate surface area is 169 Å². The summed E-state index contributed by atoms with van der Waals surface area (Å²) in [4.78, 5) is 18.7. The number of hydrogen-bond donors (Lipinski definition) is 0. The Bertz CT molecular complexity index is 1090. The number of benzene rings is 3. The van der Waals surface area contributed by atoms with Crippen molar-refractivity contribution in [2.75, 3.05) is 0 Å². The highest BCUT2D eigenvalue weighted by Crippen LogP contribution is 2.37. The monoisotopic (exact) mass is 383 g/mol. The first-order valence-electron chi connectivity index (χ1n) is 9.33. The van der Waals surface area contributed by atoms with Crippen molar-refractivity contribution in [3.8, 4) is 0 Å². The third kappa shape index (κ3) is 4.15. The number of hydrogen-bond acceptors (Lipinski definition) is 3. The Morgan fingerprint density at radius 3 is 2.50 bits per heavy atom. The fourth-order valence-electron chi connectivity index (χ4n) is 3.32. The Balaban J connectivity index is 1.67. The highest BCUT2D eigenvalue weighted by Gasteiger charge is 2.22. The Morgan fingerprint density at radius 2 is 1.71 bits per heavy atom. The van der Waals surface area contributed by atoms with E-state index in [0.717, 1.165) is 26.8 Å². The number of aryl methyl sites for hydroxylation is 1. The smallest absolute Gasteiger partial charge is 0.154 e. The molecule has 1 unspecified atom stereocenters. The first-order valence-corrected chi connectivity index (χ1v) is 10.2. The van der Waals surface area contributed by atoms with Crippen molar-refractivity contribution < 1.29 is 4.79 Å². The number of carbonyl (C=O) groups excluding carboxylic acids is 1. The first kappa shape index (κ1) is 18.5. The lowest BCUT2D eigenvalue weighted by Gasteiger charge is -2.17. The number of ketones is 1. The van der Waals surface area contributed by atoms with E-state index < -0.39 is 0 Å². The van der Waals surface area contributed by atoms with E-state index in [-0.39, 0.29) is 11.0 Å². The van der Waals surface area contributed by atoms with Crippen LogP contribution in [0.4, 0.5) is 0 Å². The molecule has 28 heavy (non-hydrogen) atoms. The predicted octanol–water partition coefficient (Wildman–Crippen LogP) is 6.19. The van der Waals surface area contributed by atoms with E-state index >= 15 is 0 Å². The molecule has 0 aliphatic rings. The van der Waals surface area contributed by atoms with Gasteiger partial charge in [0.2, 0.25) is 0 Å². The fourth-order valence-corrected chi connectivity index (χ4v) is 4.41. The van der Waals surface area contributed by atoms with Crippen LogP contribution in [-0.2, 0) is 11.2 Å². The van der Waals surface area contributed by atoms with Crippen LogP contribution in [0.3, 0.4) is 0 Å². The summed E-state index contributed by atoms with van der Waals surface area (Å²) in [6.07, 6.45) is 4.03. The quantitative estimate of drug-likeness (QED) is 0.372. The lowest BCUT2D eigenvalue weighted by Crippen LogP contribution is -2.12. The number of Topliss-reactive ketones (excluding diaryl/α,β-unsaturated/α-hetero) is 1. The molecule has 3 aromatic carbocycles. The van der Waals surface area contributed by atoms with E-state index in [9.17, 15) is 4.79 Å². The van der Waals surface area contributed by atoms with Crippen molar-refractivity contribution >= 4 is 28.3 Å². The summed E-state index contributed by atoms with van der Waals surface area (Å²) in [5.74, 6) is 0.210. The van der Waals surface area contributed by atoms with Gasteiger partial charge in [0.25, 0.3) is 0 Å². The van der Waals surface area contributed by atoms with E-state index in [1.807, 2.05) is 48.7 Å². The molecule has 0 aliphatic heterocycles. The van der Waals surface area contributed by atoms with E-state index in [1.54, 1.807) is 18.0 Å². The molecule has 0 aliphatic carbocycles. The molecule has 1 atom stereocenters. The minimum Gasteiger partial charge on any atom is -0.298 e. The van der Waals surface area contributed by atoms with E-state index in [4.69, 9.17) is 0 Å². The molecule has 2 nitrogen and oxygen atoms in total. The van der Waals surface area contributed by atoms with Crippen molar-refractivity contribution in [1.29, 1.82) is 0 Å². The molecular formula is C25H21NOS. The van der Waals surface area contributed by atoms with Gasteiger partial charge in [-0.25, -0.2) is 0 Å². The second-order valence-electron chi connectivity index (χ2n) is 6.88. The van der Waals surface area contributed by atoms with Crippen molar-refractivity contribution in [2.24, 2.45) is 0 Å². The van der Waals surface area contributed by atoms with E-state index in [0.29, 0.717) is 6.42 Å². The molecule has 1 heterocycles. The highest BCUT2D eigenvalue weighted by molar-refractivity contribution is 8.00. The maximum absolute atomic E-state index is 13.4. The standard InChI is InChI=1S/C25H21NOS/c1-18-10-12-19(13-11-18)25(28-22-8-3-2-4-9-22)24(27)16-20-6-5-7-21-17-26-15-14-23(20)21/h2-15,17,25H,16H2,1H3. The lowest BCUT2D eigenvalue weighted by molar-refractivity contribution is -0.118. The van der Waals surface area contributed by atoms with E-state index in [1.165, 1.54) is 5.56 Å². The largest absolute Gasteiger partial charge is 0.298 e. The van der Waals surface area contributed by atoms with Crippen LogP contribution in [0.5, 0.6) is 0 Å². The summed E-state index contributed by atoms with van der Waals surface area (Å²) < 4.78 is 0. The van der Waals surface area contributed by atoms with Gasteiger partial charge < -0.3 is 0 Å². The van der Waals surface area contributed by atoms with Crippen molar-refractivity contribution in [3.63, 3.8) is 0 Å². The van der Waals surface area contributed by atoms with Crippen molar-refractivity contribution in [3.05, 3.63) is 108 Å². The molecule has 4 rings (SSSR count). The Kier molecular flexibility index (Phi) is 5.54. The van der Waals surface area contributed by atoms with Crippen LogP contribution in [-0.4, -0.2) is 10.8 Å². The van der Waals surface area contributed by atoms with Gasteiger partial charge in [-0.2, -0.15) is 0 Å². The lowest BCUT2D eigenvalue weighted by atomic mass is 9.98. The second-order valence-corrected chi connectivity index (χ2v) is 8.06. The number of thioether (sulfide) groups is 1. The summed E-state index contributed by atoms with van der Waals surface area (Å²) in [7, 11) is 0. The maximum Gasteiger partial charge on any atom is 0.154 e. The van der Waals surface area contributed by atoms with Gasteiger partial charge in [-0.1, -0.05) is 66.2 Å². The van der Waals surface area contributed by atoms with Gasteiger partial charge in [0, 0.05) is 29.1 Å². The molecule has 0 N–H and O–H groups in total. The van der Waals surface area contributed by atoms with Crippen LogP contribution in [0.2, 0.25) is 0 Å². The maximum atomic E-state index is 13.4. The van der Waals surface area contributed by atoms with Gasteiger partial charge in [-0.3, -0.25) is 9.78 Å². The van der Waals surface area contributed by atoms with Crippen LogP contribution in [0, 0.1) is 6.92 Å². The van der Waals surface area contributed by atoms with Gasteiger partial charge in [0.15, 0.2) is 5.78 Å². The molecule has 0 saturated carbocycles. The zero-order valence-electron chi connectivity index (χ0n) is 15.7. The van der Waals surface area contributed by atoms with Gasteiger partial charge in [-0.05, 0) is 41.6 Å². The molecule has 0 fully saturated rings. The number of aromatic nitrogens is 1. The molecule has 0 bridgehead atoms. The number of pyridine rings is 1. The number of nitrogens with zero attached hydrogens (tertiary/aromatic N) is 1. The fraction of sp³-hybridized carbons (Fsp3) is 0.120. The number of rotatable bonds is 6. The Morgan fingerprint density at radius 1 is 0.929 bits per heavy atom. The normalized spacial score (nSPS) is 12.0. The van der Waals surface area contributed by atoms with Gasteiger partial charge in [0.1, 0.15) is 0 Å². The third-order valence-electron chi connectivity index (χ3n) is 4.81. The van der Waals surface area contributed by atoms with Gasteiger partial charge in [-0.15, -0.1) is 11.8 Å². The summed E-state index contributed by atoms with van der Waals surface area (Å²) in [6, 6.07) is 26.5. The van der Waals surface area contributed by atoms with Crippen LogP contribution in [0.1, 0.15) is 21.9 Å². The first-order chi connectivity index (χ1) is 13.7. The van der Waals surface area contributed by atoms with Gasteiger partial charge >= 0.3 is 0 Å². The van der Waals surface area contributed by atoms with Crippen LogP contribution < -0.4 is 0 Å². The molecule has 3 heteroatoms. The molecule has 4 aromatic rings. The van der Waals surface area contributed by atoms with Gasteiger partial charge in [0.05, 0.1) is 5.25 Å². The molecule has 0 amide bonds. The topological polar surface area (TPSA) is 30.0 Å². The summed E-state index contributed by atoms with van der Waals surface area (Å²) in [6.45, 7) is 2.06. The summed E-state index contributed by atoms with van der Waals surface area (Å²) in [5, 5.41) is 1.92. The minimum absolute atomic E-state index is 0.210. The minimum atomic E-state index is -0.236.